The highest BCUT2D eigenvalue weighted by Crippen LogP contribution is 2.25. The fourth-order valence-corrected chi connectivity index (χ4v) is 6.46. The number of hydrogen-bond acceptors (Lipinski definition) is 11. The van der Waals surface area contributed by atoms with Gasteiger partial charge in [0.2, 0.25) is 15.9 Å². The zero-order chi connectivity index (χ0) is 30.7. The summed E-state index contributed by atoms with van der Waals surface area (Å²) in [6.07, 6.45) is -0.768. The van der Waals surface area contributed by atoms with Crippen molar-refractivity contribution in [1.82, 2.24) is 10.0 Å². The topological polar surface area (TPSA) is 213 Å². The molecule has 18 heteroatoms. The summed E-state index contributed by atoms with van der Waals surface area (Å²) in [5.74, 6) is -6.11. The number of sulfonamides is 1. The predicted molar refractivity (Wildman–Crippen MR) is 151 cm³/mol. The molecule has 222 valence electrons. The smallest absolute Gasteiger partial charge is 0.341 e. The molecule has 0 aliphatic carbocycles. The van der Waals surface area contributed by atoms with Crippen LogP contribution in [0.25, 0.3) is 0 Å². The van der Waals surface area contributed by atoms with Crippen LogP contribution in [0, 0.1) is 0 Å². The zero-order valence-electron chi connectivity index (χ0n) is 20.7. The molecule has 0 aliphatic rings. The van der Waals surface area contributed by atoms with Crippen molar-refractivity contribution < 1.29 is 52.4 Å². The Morgan fingerprint density at radius 2 is 1.66 bits per heavy atom. The zero-order valence-corrected chi connectivity index (χ0v) is 24.6. The van der Waals surface area contributed by atoms with Crippen molar-refractivity contribution in [3.05, 3.63) is 57.6 Å². The van der Waals surface area contributed by atoms with Gasteiger partial charge in [-0.25, -0.2) is 22.7 Å². The fourth-order valence-electron chi connectivity index (χ4n) is 2.97. The van der Waals surface area contributed by atoms with Crippen LogP contribution in [-0.2, 0) is 29.1 Å². The molecule has 1 unspecified atom stereocenters. The summed E-state index contributed by atoms with van der Waals surface area (Å²) in [7, 11) is -1.99. The van der Waals surface area contributed by atoms with Crippen LogP contribution in [0.3, 0.4) is 0 Å². The minimum atomic E-state index is -4.08. The number of carbonyl (C=O) groups is 5. The molecule has 0 fully saturated rings. The number of rotatable bonds is 16. The van der Waals surface area contributed by atoms with E-state index in [-0.39, 0.29) is 38.6 Å². The monoisotopic (exact) mass is 668 g/mol. The van der Waals surface area contributed by atoms with Gasteiger partial charge in [-0.3, -0.25) is 14.4 Å². The minimum absolute atomic E-state index is 0.0136. The number of hydrogen-bond donors (Lipinski definition) is 5. The lowest BCUT2D eigenvalue weighted by Crippen LogP contribution is -2.44. The number of Topliss-reactive ketones (excluding diaryl/α,β-unsaturated/α-hetero) is 1. The minimum Gasteiger partial charge on any atom is -0.507 e. The van der Waals surface area contributed by atoms with E-state index in [4.69, 9.17) is 38.2 Å². The number of halogens is 2. The van der Waals surface area contributed by atoms with Gasteiger partial charge < -0.3 is 25.4 Å². The van der Waals surface area contributed by atoms with E-state index in [0.29, 0.717) is 0 Å². The van der Waals surface area contributed by atoms with Crippen LogP contribution in [0.2, 0.25) is 10.0 Å². The van der Waals surface area contributed by atoms with Gasteiger partial charge in [0.1, 0.15) is 17.4 Å². The Morgan fingerprint density at radius 3 is 2.27 bits per heavy atom. The number of carboxylic acid groups (broad SMARTS) is 2. The average Bonchev–Trinajstić information content (AvgIpc) is 2.88. The first-order chi connectivity index (χ1) is 19.2. The number of aromatic carboxylic acids is 1. The number of ketones is 1. The molecule has 1 atom stereocenters. The molecule has 13 nitrogen and oxygen atoms in total. The van der Waals surface area contributed by atoms with Crippen molar-refractivity contribution in [2.75, 3.05) is 24.7 Å². The molecule has 0 radical (unpaired) electrons. The maximum Gasteiger partial charge on any atom is 0.341 e. The number of carbonyl (C=O) groups excluding carboxylic acids is 3. The molecule has 2 aromatic carbocycles. The van der Waals surface area contributed by atoms with Crippen LogP contribution in [0.15, 0.2) is 41.3 Å². The fraction of sp³-hybridized carbons (Fsp3) is 0.261. The molecule has 0 saturated heterocycles. The SMILES string of the molecule is O=C(O)CC(NC(=O)CSSCCNS(=O)(=O)c1ccc(O)c(C(=O)O)c1)C(=O)COC(=O)c1c(Cl)cccc1Cl. The lowest BCUT2D eigenvalue weighted by molar-refractivity contribution is -0.140. The first-order valence-corrected chi connectivity index (χ1v) is 15.9. The van der Waals surface area contributed by atoms with E-state index in [1.807, 2.05) is 0 Å². The van der Waals surface area contributed by atoms with Crippen LogP contribution in [0.1, 0.15) is 27.1 Å². The maximum atomic E-state index is 12.5. The summed E-state index contributed by atoms with van der Waals surface area (Å²) in [4.78, 5) is 58.9. The highest BCUT2D eigenvalue weighted by atomic mass is 35.5. The number of aromatic hydroxyl groups is 1. The number of ether oxygens (including phenoxy) is 1. The van der Waals surface area contributed by atoms with Gasteiger partial charge in [-0.1, -0.05) is 50.9 Å². The van der Waals surface area contributed by atoms with E-state index >= 15 is 0 Å². The maximum absolute atomic E-state index is 12.5. The third-order valence-corrected chi connectivity index (χ3v) is 9.23. The van der Waals surface area contributed by atoms with Crippen molar-refractivity contribution in [3.63, 3.8) is 0 Å². The van der Waals surface area contributed by atoms with Crippen LogP contribution in [0.5, 0.6) is 5.75 Å². The molecule has 0 saturated carbocycles. The lowest BCUT2D eigenvalue weighted by Gasteiger charge is -2.16. The Kier molecular flexibility index (Phi) is 13.2. The number of nitrogens with one attached hydrogen (secondary N) is 2. The highest BCUT2D eigenvalue weighted by molar-refractivity contribution is 8.76. The molecule has 0 bridgehead atoms. The Bertz CT molecular complexity index is 1420. The molecule has 2 aromatic rings. The molecule has 2 rings (SSSR count). The number of aliphatic carboxylic acids is 1. The number of benzene rings is 2. The average molecular weight is 670 g/mol. The van der Waals surface area contributed by atoms with Gasteiger partial charge in [-0.2, -0.15) is 0 Å². The van der Waals surface area contributed by atoms with Gasteiger partial charge in [-0.05, 0) is 30.3 Å². The highest BCUT2D eigenvalue weighted by Gasteiger charge is 2.26. The normalized spacial score (nSPS) is 11.9. The lowest BCUT2D eigenvalue weighted by atomic mass is 10.1. The predicted octanol–water partition coefficient (Wildman–Crippen LogP) is 2.44. The summed E-state index contributed by atoms with van der Waals surface area (Å²) in [5.41, 5.74) is -0.752. The van der Waals surface area contributed by atoms with Gasteiger partial charge in [0.15, 0.2) is 12.4 Å². The van der Waals surface area contributed by atoms with Crippen molar-refractivity contribution >= 4 is 84.4 Å². The number of phenols is 1. The molecule has 0 aliphatic heterocycles. The van der Waals surface area contributed by atoms with E-state index < -0.39 is 70.0 Å². The van der Waals surface area contributed by atoms with Crippen molar-refractivity contribution in [3.8, 4) is 5.75 Å². The van der Waals surface area contributed by atoms with Gasteiger partial charge in [0.05, 0.1) is 32.7 Å². The largest absolute Gasteiger partial charge is 0.507 e. The first kappa shape index (κ1) is 34.2. The van der Waals surface area contributed by atoms with Gasteiger partial charge in [0, 0.05) is 12.3 Å². The first-order valence-electron chi connectivity index (χ1n) is 11.2. The number of esters is 1. The van der Waals surface area contributed by atoms with Crippen molar-refractivity contribution in [1.29, 1.82) is 0 Å². The Morgan fingerprint density at radius 1 is 1.00 bits per heavy atom. The van der Waals surface area contributed by atoms with Crippen LogP contribution in [0.4, 0.5) is 0 Å². The molecule has 0 heterocycles. The van der Waals surface area contributed by atoms with Crippen molar-refractivity contribution in [2.45, 2.75) is 17.4 Å². The van der Waals surface area contributed by atoms with Crippen LogP contribution in [-0.4, -0.2) is 84.0 Å². The van der Waals surface area contributed by atoms with Crippen molar-refractivity contribution in [2.24, 2.45) is 0 Å². The second-order valence-corrected chi connectivity index (χ2v) is 13.0. The molecule has 1 amide bonds. The van der Waals surface area contributed by atoms with Crippen LogP contribution >= 0.6 is 44.8 Å². The van der Waals surface area contributed by atoms with Crippen LogP contribution < -0.4 is 10.0 Å². The Labute approximate surface area is 251 Å². The molecule has 0 aromatic heterocycles. The number of amides is 1. The molecular formula is C23H22Cl2N2O11S3. The van der Waals surface area contributed by atoms with E-state index in [1.165, 1.54) is 18.2 Å². The molecular weight excluding hydrogens is 647 g/mol. The van der Waals surface area contributed by atoms with Gasteiger partial charge in [0.25, 0.3) is 0 Å². The van der Waals surface area contributed by atoms with Gasteiger partial charge >= 0.3 is 17.9 Å². The summed E-state index contributed by atoms with van der Waals surface area (Å²) in [6, 6.07) is 5.57. The van der Waals surface area contributed by atoms with E-state index in [2.05, 4.69) is 10.0 Å². The van der Waals surface area contributed by atoms with E-state index in [9.17, 15) is 37.5 Å². The summed E-state index contributed by atoms with van der Waals surface area (Å²) in [6.45, 7) is -0.943. The molecule has 41 heavy (non-hydrogen) atoms. The number of carboxylic acids is 2. The summed E-state index contributed by atoms with van der Waals surface area (Å²) >= 11 is 11.8. The standard InChI is InChI=1S/C23H22Cl2N2O11S3/c24-14-2-1-3-15(25)21(14)23(35)38-10-18(29)16(9-20(31)32)27-19(30)11-40-39-7-6-26-41(36,37)12-4-5-17(28)13(8-12)22(33)34/h1-5,8,16,26,28H,6-7,9-11H2,(H,27,30)(H,31,32)(H,33,34). The summed E-state index contributed by atoms with van der Waals surface area (Å²) in [5, 5.41) is 29.9. The van der Waals surface area contributed by atoms with E-state index in [0.717, 1.165) is 39.8 Å². The molecule has 0 spiro atoms. The Balaban J connectivity index is 1.81. The Hall–Kier alpha value is -3.02. The third-order valence-electron chi connectivity index (χ3n) is 4.87. The second kappa shape index (κ2) is 15.8. The second-order valence-electron chi connectivity index (χ2n) is 7.82. The van der Waals surface area contributed by atoms with Gasteiger partial charge in [-0.15, -0.1) is 0 Å². The third kappa shape index (κ3) is 10.7. The molecule has 5 N–H and O–H groups in total. The summed E-state index contributed by atoms with van der Waals surface area (Å²) < 4.78 is 31.9. The van der Waals surface area contributed by atoms with E-state index in [1.54, 1.807) is 0 Å². The quantitative estimate of drug-likeness (QED) is 0.0988.